The van der Waals surface area contributed by atoms with E-state index in [-0.39, 0.29) is 11.6 Å². The zero-order chi connectivity index (χ0) is 16.9. The highest BCUT2D eigenvalue weighted by atomic mass is 32.2. The molecular weight excluding hydrogens is 324 g/mol. The number of aromatic nitrogens is 2. The van der Waals surface area contributed by atoms with Crippen LogP contribution >= 0.6 is 11.8 Å². The molecule has 7 heteroatoms. The second-order valence-corrected chi connectivity index (χ2v) is 6.68. The van der Waals surface area contributed by atoms with Crippen molar-refractivity contribution in [2.45, 2.75) is 11.9 Å². The maximum atomic E-state index is 12.4. The Morgan fingerprint density at radius 3 is 2.62 bits per heavy atom. The van der Waals surface area contributed by atoms with Crippen molar-refractivity contribution in [3.05, 3.63) is 52.6 Å². The minimum Gasteiger partial charge on any atom is -0.368 e. The van der Waals surface area contributed by atoms with Gasteiger partial charge in [-0.2, -0.15) is 0 Å². The van der Waals surface area contributed by atoms with E-state index in [1.54, 1.807) is 0 Å². The first kappa shape index (κ1) is 16.6. The van der Waals surface area contributed by atoms with E-state index in [1.165, 1.54) is 23.6 Å². The van der Waals surface area contributed by atoms with Crippen molar-refractivity contribution in [1.82, 2.24) is 14.9 Å². The average molecular weight is 344 g/mol. The molecule has 24 heavy (non-hydrogen) atoms. The molecule has 1 aromatic heterocycles. The number of thioether (sulfide) groups is 1. The van der Waals surface area contributed by atoms with Gasteiger partial charge in [0.25, 0.3) is 0 Å². The van der Waals surface area contributed by atoms with Crippen LogP contribution in [-0.4, -0.2) is 52.7 Å². The minimum atomic E-state index is -0.382. The summed E-state index contributed by atoms with van der Waals surface area (Å²) in [6.07, 6.45) is 1.53. The fourth-order valence-electron chi connectivity index (χ4n) is 2.67. The normalized spacial score (nSPS) is 14.7. The number of nitrogens with one attached hydrogen (secondary N) is 1. The van der Waals surface area contributed by atoms with Crippen LogP contribution in [0.4, 0.5) is 5.69 Å². The summed E-state index contributed by atoms with van der Waals surface area (Å²) in [6.45, 7) is 4.99. The lowest BCUT2D eigenvalue weighted by molar-refractivity contribution is -0.128. The molecule has 2 heterocycles. The quantitative estimate of drug-likeness (QED) is 0.673. The Morgan fingerprint density at radius 1 is 1.21 bits per heavy atom. The van der Waals surface area contributed by atoms with Crippen molar-refractivity contribution in [2.75, 3.05) is 36.8 Å². The zero-order valence-corrected chi connectivity index (χ0v) is 14.4. The lowest BCUT2D eigenvalue weighted by Crippen LogP contribution is -2.49. The smallest absolute Gasteiger partial charge is 0.345 e. The highest BCUT2D eigenvalue weighted by Gasteiger charge is 2.21. The van der Waals surface area contributed by atoms with Gasteiger partial charge >= 0.3 is 5.69 Å². The van der Waals surface area contributed by atoms with Crippen molar-refractivity contribution in [3.8, 4) is 0 Å². The Kier molecular flexibility index (Phi) is 5.20. The Hall–Kier alpha value is -2.28. The van der Waals surface area contributed by atoms with Crippen LogP contribution in [0, 0.1) is 6.92 Å². The molecule has 1 fully saturated rings. The molecule has 0 radical (unpaired) electrons. The molecule has 0 bridgehead atoms. The second kappa shape index (κ2) is 7.53. The molecule has 1 amide bonds. The van der Waals surface area contributed by atoms with Crippen LogP contribution in [0.1, 0.15) is 5.56 Å². The van der Waals surface area contributed by atoms with Gasteiger partial charge in [0, 0.05) is 38.1 Å². The van der Waals surface area contributed by atoms with Crippen LogP contribution in [0.25, 0.3) is 0 Å². The number of anilines is 1. The first-order valence-corrected chi connectivity index (χ1v) is 8.88. The van der Waals surface area contributed by atoms with Crippen molar-refractivity contribution in [2.24, 2.45) is 0 Å². The third-order valence-electron chi connectivity index (χ3n) is 4.05. The first-order valence-electron chi connectivity index (χ1n) is 7.90. The number of H-pyrrole nitrogens is 1. The summed E-state index contributed by atoms with van der Waals surface area (Å²) in [5, 5.41) is 0.714. The lowest BCUT2D eigenvalue weighted by atomic mass is 10.2. The molecule has 126 valence electrons. The summed E-state index contributed by atoms with van der Waals surface area (Å²) >= 11 is 1.36. The summed E-state index contributed by atoms with van der Waals surface area (Å²) < 4.78 is 0. The van der Waals surface area contributed by atoms with E-state index in [1.807, 2.05) is 30.0 Å². The molecule has 1 N–H and O–H groups in total. The van der Waals surface area contributed by atoms with Gasteiger partial charge in [-0.3, -0.25) is 4.79 Å². The number of rotatable bonds is 4. The average Bonchev–Trinajstić information content (AvgIpc) is 2.63. The van der Waals surface area contributed by atoms with E-state index in [4.69, 9.17) is 0 Å². The van der Waals surface area contributed by atoms with Crippen LogP contribution in [0.2, 0.25) is 0 Å². The van der Waals surface area contributed by atoms with Crippen molar-refractivity contribution in [3.63, 3.8) is 0 Å². The monoisotopic (exact) mass is 344 g/mol. The van der Waals surface area contributed by atoms with Crippen LogP contribution < -0.4 is 10.6 Å². The van der Waals surface area contributed by atoms with Crippen molar-refractivity contribution < 1.29 is 4.79 Å². The van der Waals surface area contributed by atoms with Gasteiger partial charge < -0.3 is 14.8 Å². The summed E-state index contributed by atoms with van der Waals surface area (Å²) in [4.78, 5) is 34.2. The Bertz CT molecular complexity index is 755. The molecule has 3 rings (SSSR count). The second-order valence-electron chi connectivity index (χ2n) is 5.69. The topological polar surface area (TPSA) is 69.3 Å². The number of amides is 1. The molecule has 0 saturated carbocycles. The van der Waals surface area contributed by atoms with Crippen LogP contribution in [-0.2, 0) is 4.79 Å². The van der Waals surface area contributed by atoms with Gasteiger partial charge in [-0.05, 0) is 24.6 Å². The first-order chi connectivity index (χ1) is 11.6. The molecule has 1 aliphatic rings. The summed E-state index contributed by atoms with van der Waals surface area (Å²) in [5.41, 5.74) is 1.69. The number of aromatic amines is 1. The number of carbonyl (C=O) groups excluding carboxylic acids is 1. The largest absolute Gasteiger partial charge is 0.368 e. The van der Waals surface area contributed by atoms with Crippen molar-refractivity contribution in [1.29, 1.82) is 0 Å². The van der Waals surface area contributed by atoms with Gasteiger partial charge in [0.05, 0.1) is 10.8 Å². The van der Waals surface area contributed by atoms with E-state index in [2.05, 4.69) is 27.0 Å². The van der Waals surface area contributed by atoms with Crippen molar-refractivity contribution >= 4 is 23.4 Å². The highest BCUT2D eigenvalue weighted by molar-refractivity contribution is 7.99. The van der Waals surface area contributed by atoms with Gasteiger partial charge in [0.15, 0.2) is 0 Å². The van der Waals surface area contributed by atoms with Crippen LogP contribution in [0.15, 0.2) is 46.3 Å². The van der Waals surface area contributed by atoms with Crippen LogP contribution in [0.3, 0.4) is 0 Å². The molecule has 0 aliphatic carbocycles. The lowest BCUT2D eigenvalue weighted by Gasteiger charge is -2.36. The number of para-hydroxylation sites is 1. The predicted molar refractivity (Wildman–Crippen MR) is 95.6 cm³/mol. The standard InChI is InChI=1S/C17H20N4O2S/c1-13-11-18-17(23)19-16(13)24-12-15(22)21-9-7-20(8-10-21)14-5-3-2-4-6-14/h2-6,11H,7-10,12H2,1H3,(H,18,19,23). The Labute approximate surface area is 144 Å². The van der Waals surface area contributed by atoms with E-state index in [0.29, 0.717) is 10.8 Å². The fraction of sp³-hybridized carbons (Fsp3) is 0.353. The maximum absolute atomic E-state index is 12.4. The molecular formula is C17H20N4O2S. The maximum Gasteiger partial charge on any atom is 0.345 e. The number of piperazine rings is 1. The molecule has 1 aliphatic heterocycles. The highest BCUT2D eigenvalue weighted by Crippen LogP contribution is 2.19. The number of benzene rings is 1. The molecule has 1 saturated heterocycles. The number of hydrogen-bond donors (Lipinski definition) is 1. The number of carbonyl (C=O) groups is 1. The van der Waals surface area contributed by atoms with Gasteiger partial charge in [0.1, 0.15) is 0 Å². The SMILES string of the molecule is Cc1cnc(=O)[nH]c1SCC(=O)N1CCN(c2ccccc2)CC1. The third kappa shape index (κ3) is 3.97. The fourth-order valence-corrected chi connectivity index (χ4v) is 3.56. The van der Waals surface area contributed by atoms with Gasteiger partial charge in [-0.1, -0.05) is 30.0 Å². The molecule has 1 aromatic carbocycles. The number of hydrogen-bond acceptors (Lipinski definition) is 5. The molecule has 0 atom stereocenters. The molecule has 2 aromatic rings. The summed E-state index contributed by atoms with van der Waals surface area (Å²) in [6, 6.07) is 10.3. The molecule has 0 unspecified atom stereocenters. The van der Waals surface area contributed by atoms with E-state index in [9.17, 15) is 9.59 Å². The Morgan fingerprint density at radius 2 is 1.92 bits per heavy atom. The van der Waals surface area contributed by atoms with Gasteiger partial charge in [-0.25, -0.2) is 9.78 Å². The van der Waals surface area contributed by atoms with E-state index in [0.717, 1.165) is 31.7 Å². The predicted octanol–water partition coefficient (Wildman–Crippen LogP) is 1.52. The van der Waals surface area contributed by atoms with Gasteiger partial charge in [0.2, 0.25) is 5.91 Å². The Balaban J connectivity index is 1.52. The van der Waals surface area contributed by atoms with E-state index >= 15 is 0 Å². The van der Waals surface area contributed by atoms with Gasteiger partial charge in [-0.15, -0.1) is 0 Å². The molecule has 6 nitrogen and oxygen atoms in total. The van der Waals surface area contributed by atoms with E-state index < -0.39 is 0 Å². The zero-order valence-electron chi connectivity index (χ0n) is 13.6. The third-order valence-corrected chi connectivity index (χ3v) is 5.15. The molecule has 0 spiro atoms. The summed E-state index contributed by atoms with van der Waals surface area (Å²) in [7, 11) is 0. The number of aryl methyl sites for hydroxylation is 1. The number of nitrogens with zero attached hydrogens (tertiary/aromatic N) is 3. The minimum absolute atomic E-state index is 0.102. The van der Waals surface area contributed by atoms with Crippen LogP contribution in [0.5, 0.6) is 0 Å². The summed E-state index contributed by atoms with van der Waals surface area (Å²) in [5.74, 6) is 0.427.